The van der Waals surface area contributed by atoms with Gasteiger partial charge in [-0.05, 0) is 75.7 Å². The van der Waals surface area contributed by atoms with Crippen molar-refractivity contribution in [2.45, 2.75) is 52.1 Å². The number of carbonyl (C=O) groups is 4. The molecule has 0 spiro atoms. The Morgan fingerprint density at radius 3 is 2.15 bits per heavy atom. The number of rotatable bonds is 7. The van der Waals surface area contributed by atoms with Gasteiger partial charge in [-0.15, -0.1) is 0 Å². The standard InChI is InChI=1S/C25H27FN2O5/c1-5-25(3,4)28(22(30)16-7-11-18(26)12-8-16)20-15-21(29)27(23(20)31)19-13-9-17(10-14-19)24(32)33-6-2/h7-14,20H,5-6,15H2,1-4H3. The maximum Gasteiger partial charge on any atom is 0.338 e. The Balaban J connectivity index is 1.93. The minimum atomic E-state index is -1.00. The van der Waals surface area contributed by atoms with E-state index in [2.05, 4.69) is 0 Å². The second-order valence-corrected chi connectivity index (χ2v) is 8.40. The van der Waals surface area contributed by atoms with E-state index in [1.807, 2.05) is 20.8 Å². The third-order valence-corrected chi connectivity index (χ3v) is 5.90. The predicted molar refractivity (Wildman–Crippen MR) is 120 cm³/mol. The molecule has 2 aromatic carbocycles. The summed E-state index contributed by atoms with van der Waals surface area (Å²) in [6.07, 6.45) is 0.362. The van der Waals surface area contributed by atoms with Gasteiger partial charge in [0.2, 0.25) is 5.91 Å². The van der Waals surface area contributed by atoms with Crippen molar-refractivity contribution in [1.82, 2.24) is 4.90 Å². The Bertz CT molecular complexity index is 1060. The van der Waals surface area contributed by atoms with E-state index in [0.29, 0.717) is 17.7 Å². The molecule has 33 heavy (non-hydrogen) atoms. The molecule has 2 aromatic rings. The number of amides is 3. The van der Waals surface area contributed by atoms with E-state index in [-0.39, 0.29) is 18.6 Å². The van der Waals surface area contributed by atoms with Crippen molar-refractivity contribution < 1.29 is 28.3 Å². The highest BCUT2D eigenvalue weighted by molar-refractivity contribution is 6.23. The Labute approximate surface area is 192 Å². The number of ether oxygens (including phenoxy) is 1. The summed E-state index contributed by atoms with van der Waals surface area (Å²) in [6, 6.07) is 10.1. The lowest BCUT2D eigenvalue weighted by atomic mass is 9.94. The van der Waals surface area contributed by atoms with Crippen LogP contribution in [0.1, 0.15) is 61.3 Å². The first-order chi connectivity index (χ1) is 15.6. The molecule has 0 bridgehead atoms. The van der Waals surface area contributed by atoms with Crippen LogP contribution < -0.4 is 4.90 Å². The van der Waals surface area contributed by atoms with Crippen LogP contribution in [0.15, 0.2) is 48.5 Å². The largest absolute Gasteiger partial charge is 0.462 e. The molecule has 8 heteroatoms. The summed E-state index contributed by atoms with van der Waals surface area (Å²) in [4.78, 5) is 54.0. The number of carbonyl (C=O) groups excluding carboxylic acids is 4. The van der Waals surface area contributed by atoms with Crippen LogP contribution in [-0.4, -0.2) is 46.8 Å². The van der Waals surface area contributed by atoms with E-state index < -0.39 is 41.1 Å². The van der Waals surface area contributed by atoms with Crippen LogP contribution in [0.5, 0.6) is 0 Å². The fourth-order valence-electron chi connectivity index (χ4n) is 3.79. The monoisotopic (exact) mass is 454 g/mol. The number of benzene rings is 2. The van der Waals surface area contributed by atoms with Gasteiger partial charge in [0.25, 0.3) is 11.8 Å². The summed E-state index contributed by atoms with van der Waals surface area (Å²) in [5.74, 6) is -2.40. The molecule has 1 aliphatic rings. The molecule has 1 saturated heterocycles. The Morgan fingerprint density at radius 1 is 1.03 bits per heavy atom. The number of hydrogen-bond donors (Lipinski definition) is 0. The zero-order valence-corrected chi connectivity index (χ0v) is 19.1. The Kier molecular flexibility index (Phi) is 6.95. The molecule has 3 rings (SSSR count). The van der Waals surface area contributed by atoms with E-state index >= 15 is 0 Å². The van der Waals surface area contributed by atoms with Crippen molar-refractivity contribution in [2.75, 3.05) is 11.5 Å². The highest BCUT2D eigenvalue weighted by atomic mass is 19.1. The van der Waals surface area contributed by atoms with Crippen LogP contribution in [0, 0.1) is 5.82 Å². The van der Waals surface area contributed by atoms with Crippen LogP contribution in [0.2, 0.25) is 0 Å². The minimum absolute atomic E-state index is 0.172. The number of anilines is 1. The predicted octanol–water partition coefficient (Wildman–Crippen LogP) is 3.97. The third kappa shape index (κ3) is 4.79. The quantitative estimate of drug-likeness (QED) is 0.467. The smallest absolute Gasteiger partial charge is 0.338 e. The van der Waals surface area contributed by atoms with Gasteiger partial charge in [-0.3, -0.25) is 14.4 Å². The molecule has 7 nitrogen and oxygen atoms in total. The molecule has 0 N–H and O–H groups in total. The molecule has 1 atom stereocenters. The van der Waals surface area contributed by atoms with E-state index in [4.69, 9.17) is 4.74 Å². The van der Waals surface area contributed by atoms with Crippen molar-refractivity contribution in [3.05, 3.63) is 65.5 Å². The van der Waals surface area contributed by atoms with Crippen molar-refractivity contribution in [3.63, 3.8) is 0 Å². The molecule has 1 heterocycles. The molecule has 1 aliphatic heterocycles. The van der Waals surface area contributed by atoms with Gasteiger partial charge in [0, 0.05) is 11.1 Å². The highest BCUT2D eigenvalue weighted by Gasteiger charge is 2.48. The van der Waals surface area contributed by atoms with Gasteiger partial charge in [0.1, 0.15) is 11.9 Å². The average Bonchev–Trinajstić information content (AvgIpc) is 3.07. The first kappa shape index (κ1) is 24.1. The molecule has 0 radical (unpaired) electrons. The lowest BCUT2D eigenvalue weighted by Gasteiger charge is -2.41. The van der Waals surface area contributed by atoms with Gasteiger partial charge in [0.05, 0.1) is 24.3 Å². The summed E-state index contributed by atoms with van der Waals surface area (Å²) in [7, 11) is 0. The average molecular weight is 454 g/mol. The third-order valence-electron chi connectivity index (χ3n) is 5.90. The van der Waals surface area contributed by atoms with Crippen LogP contribution in [-0.2, 0) is 14.3 Å². The topological polar surface area (TPSA) is 84.0 Å². The first-order valence-corrected chi connectivity index (χ1v) is 10.8. The molecule has 0 aliphatic carbocycles. The lowest BCUT2D eigenvalue weighted by molar-refractivity contribution is -0.123. The zero-order valence-electron chi connectivity index (χ0n) is 19.1. The fourth-order valence-corrected chi connectivity index (χ4v) is 3.79. The molecular formula is C25H27FN2O5. The van der Waals surface area contributed by atoms with E-state index in [1.54, 1.807) is 6.92 Å². The second kappa shape index (κ2) is 9.52. The summed E-state index contributed by atoms with van der Waals surface area (Å²) < 4.78 is 18.3. The summed E-state index contributed by atoms with van der Waals surface area (Å²) >= 11 is 0. The van der Waals surface area contributed by atoms with Gasteiger partial charge >= 0.3 is 5.97 Å². The van der Waals surface area contributed by atoms with Gasteiger partial charge in [-0.2, -0.15) is 0 Å². The second-order valence-electron chi connectivity index (χ2n) is 8.40. The van der Waals surface area contributed by atoms with Crippen LogP contribution in [0.25, 0.3) is 0 Å². The summed E-state index contributed by atoms with van der Waals surface area (Å²) in [5, 5.41) is 0. The molecule has 0 saturated carbocycles. The number of nitrogens with zero attached hydrogens (tertiary/aromatic N) is 2. The number of esters is 1. The number of imide groups is 1. The first-order valence-electron chi connectivity index (χ1n) is 10.8. The van der Waals surface area contributed by atoms with Crippen LogP contribution in [0.3, 0.4) is 0 Å². The Morgan fingerprint density at radius 2 is 1.61 bits per heavy atom. The maximum absolute atomic E-state index is 13.4. The number of halogens is 1. The van der Waals surface area contributed by atoms with Crippen molar-refractivity contribution >= 4 is 29.4 Å². The van der Waals surface area contributed by atoms with Crippen LogP contribution in [0.4, 0.5) is 10.1 Å². The van der Waals surface area contributed by atoms with Gasteiger partial charge < -0.3 is 9.64 Å². The van der Waals surface area contributed by atoms with Gasteiger partial charge in [-0.1, -0.05) is 6.92 Å². The van der Waals surface area contributed by atoms with E-state index in [9.17, 15) is 23.6 Å². The van der Waals surface area contributed by atoms with Crippen molar-refractivity contribution in [2.24, 2.45) is 0 Å². The lowest BCUT2D eigenvalue weighted by Crippen LogP contribution is -2.55. The van der Waals surface area contributed by atoms with Gasteiger partial charge in [0.15, 0.2) is 0 Å². The molecule has 1 fully saturated rings. The van der Waals surface area contributed by atoms with E-state index in [0.717, 1.165) is 4.90 Å². The normalized spacial score (nSPS) is 16.2. The molecule has 0 aromatic heterocycles. The highest BCUT2D eigenvalue weighted by Crippen LogP contribution is 2.32. The maximum atomic E-state index is 13.4. The zero-order chi connectivity index (χ0) is 24.3. The summed E-state index contributed by atoms with van der Waals surface area (Å²) in [5.41, 5.74) is 0.103. The Hall–Kier alpha value is -3.55. The molecule has 3 amide bonds. The SMILES string of the molecule is CCOC(=O)c1ccc(N2C(=O)CC(N(C(=O)c3ccc(F)cc3)C(C)(C)CC)C2=O)cc1. The molecule has 1 unspecified atom stereocenters. The minimum Gasteiger partial charge on any atom is -0.462 e. The van der Waals surface area contributed by atoms with Gasteiger partial charge in [-0.25, -0.2) is 14.1 Å². The number of hydrogen-bond acceptors (Lipinski definition) is 5. The molecular weight excluding hydrogens is 427 g/mol. The van der Waals surface area contributed by atoms with Crippen molar-refractivity contribution in [3.8, 4) is 0 Å². The van der Waals surface area contributed by atoms with E-state index in [1.165, 1.54) is 53.4 Å². The fraction of sp³-hybridized carbons (Fsp3) is 0.360. The summed E-state index contributed by atoms with van der Waals surface area (Å²) in [6.45, 7) is 7.46. The van der Waals surface area contributed by atoms with Crippen molar-refractivity contribution in [1.29, 1.82) is 0 Å². The molecule has 174 valence electrons. The van der Waals surface area contributed by atoms with Crippen LogP contribution >= 0.6 is 0 Å².